The number of rotatable bonds is 9. The van der Waals surface area contributed by atoms with Gasteiger partial charge in [-0.2, -0.15) is 5.10 Å². The monoisotopic (exact) mass is 413 g/mol. The molecule has 1 aromatic heterocycles. The van der Waals surface area contributed by atoms with Crippen LogP contribution in [0.1, 0.15) is 50.2 Å². The van der Waals surface area contributed by atoms with Crippen LogP contribution in [0.25, 0.3) is 0 Å². The van der Waals surface area contributed by atoms with Crippen LogP contribution < -0.4 is 10.6 Å². The number of nitrogens with one attached hydrogen (secondary N) is 2. The van der Waals surface area contributed by atoms with E-state index in [1.54, 1.807) is 0 Å². The molecular formula is C23H35N5O2. The molecule has 0 aliphatic carbocycles. The van der Waals surface area contributed by atoms with Crippen LogP contribution in [0.3, 0.4) is 0 Å². The first-order chi connectivity index (χ1) is 14.1. The summed E-state index contributed by atoms with van der Waals surface area (Å²) in [6.45, 7) is 13.9. The predicted molar refractivity (Wildman–Crippen MR) is 119 cm³/mol. The minimum atomic E-state index is -0.284. The number of benzene rings is 1. The zero-order valence-electron chi connectivity index (χ0n) is 19.1. The van der Waals surface area contributed by atoms with Crippen molar-refractivity contribution in [3.8, 4) is 0 Å². The number of nitrogens with zero attached hydrogens (tertiary/aromatic N) is 3. The van der Waals surface area contributed by atoms with Crippen LogP contribution in [0.5, 0.6) is 0 Å². The summed E-state index contributed by atoms with van der Waals surface area (Å²) in [6.07, 6.45) is 0. The van der Waals surface area contributed by atoms with E-state index in [1.165, 1.54) is 5.56 Å². The molecule has 0 fully saturated rings. The van der Waals surface area contributed by atoms with Crippen molar-refractivity contribution in [1.29, 1.82) is 0 Å². The molecule has 2 aromatic rings. The Bertz CT molecular complexity index is 852. The summed E-state index contributed by atoms with van der Waals surface area (Å²) in [5.74, 6) is -0.180. The van der Waals surface area contributed by atoms with Crippen LogP contribution >= 0.6 is 0 Å². The topological polar surface area (TPSA) is 79.3 Å². The van der Waals surface area contributed by atoms with Gasteiger partial charge in [0.25, 0.3) is 0 Å². The van der Waals surface area contributed by atoms with Crippen molar-refractivity contribution in [2.24, 2.45) is 0 Å². The van der Waals surface area contributed by atoms with Gasteiger partial charge in [-0.15, -0.1) is 0 Å². The van der Waals surface area contributed by atoms with Gasteiger partial charge in [0.15, 0.2) is 0 Å². The fraction of sp³-hybridized carbons (Fsp3) is 0.522. The largest absolute Gasteiger partial charge is 0.351 e. The molecule has 2 amide bonds. The molecule has 1 aromatic carbocycles. The van der Waals surface area contributed by atoms with E-state index >= 15 is 0 Å². The maximum Gasteiger partial charge on any atom is 0.234 e. The minimum absolute atomic E-state index is 0.0778. The lowest BCUT2D eigenvalue weighted by atomic mass is 10.1. The standard InChI is InChI=1S/C23H35N5O2/c1-7-27(16-22(30)25-23(4,5)6)15-21(29)24-13-20-17(2)26-28(18(20)3)14-19-11-9-8-10-12-19/h8-12H,7,13-16H2,1-6H3,(H,24,29)(H,25,30). The Hall–Kier alpha value is -2.67. The van der Waals surface area contributed by atoms with Gasteiger partial charge in [-0.25, -0.2) is 0 Å². The minimum Gasteiger partial charge on any atom is -0.351 e. The average molecular weight is 414 g/mol. The molecule has 0 unspecified atom stereocenters. The second kappa shape index (κ2) is 10.4. The van der Waals surface area contributed by atoms with E-state index in [1.807, 2.05) is 69.3 Å². The maximum atomic E-state index is 12.5. The van der Waals surface area contributed by atoms with Crippen LogP contribution in [0, 0.1) is 13.8 Å². The summed E-state index contributed by atoms with van der Waals surface area (Å²) in [5.41, 5.74) is 3.90. The number of carbonyl (C=O) groups excluding carboxylic acids is 2. The van der Waals surface area contributed by atoms with Crippen molar-refractivity contribution < 1.29 is 9.59 Å². The molecule has 2 N–H and O–H groups in total. The van der Waals surface area contributed by atoms with E-state index in [0.717, 1.165) is 17.0 Å². The predicted octanol–water partition coefficient (Wildman–Crippen LogP) is 2.40. The second-order valence-electron chi connectivity index (χ2n) is 8.67. The summed E-state index contributed by atoms with van der Waals surface area (Å²) < 4.78 is 1.97. The van der Waals surface area contributed by atoms with E-state index in [4.69, 9.17) is 0 Å². The molecule has 1 heterocycles. The van der Waals surface area contributed by atoms with Crippen LogP contribution in [0.4, 0.5) is 0 Å². The summed E-state index contributed by atoms with van der Waals surface area (Å²) in [5, 5.41) is 10.5. The second-order valence-corrected chi connectivity index (χ2v) is 8.67. The Labute approximate surface area is 179 Å². The van der Waals surface area contributed by atoms with Crippen LogP contribution in [-0.4, -0.2) is 51.7 Å². The summed E-state index contributed by atoms with van der Waals surface area (Å²) in [7, 11) is 0. The Balaban J connectivity index is 1.91. The van der Waals surface area contributed by atoms with Gasteiger partial charge in [0, 0.05) is 23.3 Å². The Kier molecular flexibility index (Phi) is 8.17. The van der Waals surface area contributed by atoms with E-state index in [2.05, 4.69) is 27.9 Å². The summed E-state index contributed by atoms with van der Waals surface area (Å²) >= 11 is 0. The lowest BCUT2D eigenvalue weighted by Crippen LogP contribution is -2.47. The molecule has 0 aliphatic heterocycles. The third-order valence-corrected chi connectivity index (χ3v) is 4.86. The number of aromatic nitrogens is 2. The van der Waals surface area contributed by atoms with Gasteiger partial charge in [0.1, 0.15) is 0 Å². The smallest absolute Gasteiger partial charge is 0.234 e. The van der Waals surface area contributed by atoms with Crippen molar-refractivity contribution in [3.05, 3.63) is 52.8 Å². The lowest BCUT2D eigenvalue weighted by molar-refractivity contribution is -0.125. The molecule has 0 saturated carbocycles. The molecule has 0 spiro atoms. The van der Waals surface area contributed by atoms with Gasteiger partial charge >= 0.3 is 0 Å². The van der Waals surface area contributed by atoms with E-state index in [9.17, 15) is 9.59 Å². The van der Waals surface area contributed by atoms with E-state index in [0.29, 0.717) is 19.6 Å². The maximum absolute atomic E-state index is 12.5. The molecular weight excluding hydrogens is 378 g/mol. The first-order valence-corrected chi connectivity index (χ1v) is 10.5. The van der Waals surface area contributed by atoms with E-state index < -0.39 is 0 Å². The quantitative estimate of drug-likeness (QED) is 0.662. The molecule has 0 bridgehead atoms. The number of hydrogen-bond acceptors (Lipinski definition) is 4. The van der Waals surface area contributed by atoms with Gasteiger partial charge in [0.05, 0.1) is 25.3 Å². The molecule has 30 heavy (non-hydrogen) atoms. The molecule has 0 aliphatic rings. The molecule has 7 nitrogen and oxygen atoms in total. The zero-order valence-corrected chi connectivity index (χ0v) is 19.1. The highest BCUT2D eigenvalue weighted by atomic mass is 16.2. The highest BCUT2D eigenvalue weighted by Crippen LogP contribution is 2.14. The first kappa shape index (κ1) is 23.6. The number of aryl methyl sites for hydroxylation is 1. The molecule has 7 heteroatoms. The van der Waals surface area contributed by atoms with Crippen molar-refractivity contribution in [3.63, 3.8) is 0 Å². The lowest BCUT2D eigenvalue weighted by Gasteiger charge is -2.24. The van der Waals surface area contributed by atoms with Crippen LogP contribution in [-0.2, 0) is 22.7 Å². The van der Waals surface area contributed by atoms with Crippen molar-refractivity contribution in [2.45, 2.75) is 60.2 Å². The van der Waals surface area contributed by atoms with Crippen molar-refractivity contribution >= 4 is 11.8 Å². The molecule has 0 saturated heterocycles. The average Bonchev–Trinajstić information content (AvgIpc) is 2.91. The highest BCUT2D eigenvalue weighted by Gasteiger charge is 2.18. The summed E-state index contributed by atoms with van der Waals surface area (Å²) in [4.78, 5) is 26.4. The number of hydrogen-bond donors (Lipinski definition) is 2. The van der Waals surface area contributed by atoms with Gasteiger partial charge in [0.2, 0.25) is 11.8 Å². The van der Waals surface area contributed by atoms with Gasteiger partial charge in [-0.3, -0.25) is 19.2 Å². The highest BCUT2D eigenvalue weighted by molar-refractivity contribution is 5.81. The number of likely N-dealkylation sites (N-methyl/N-ethyl adjacent to an activating group) is 1. The fourth-order valence-corrected chi connectivity index (χ4v) is 3.29. The summed E-state index contributed by atoms with van der Waals surface area (Å²) in [6, 6.07) is 10.2. The Morgan fingerprint density at radius 2 is 1.70 bits per heavy atom. The van der Waals surface area contributed by atoms with E-state index in [-0.39, 0.29) is 30.4 Å². The molecule has 0 atom stereocenters. The van der Waals surface area contributed by atoms with Gasteiger partial charge in [-0.1, -0.05) is 37.3 Å². The van der Waals surface area contributed by atoms with Crippen molar-refractivity contribution in [1.82, 2.24) is 25.3 Å². The SMILES string of the molecule is CCN(CC(=O)NCc1c(C)nn(Cc2ccccc2)c1C)CC(=O)NC(C)(C)C. The van der Waals surface area contributed by atoms with Gasteiger partial charge < -0.3 is 10.6 Å². The van der Waals surface area contributed by atoms with Gasteiger partial charge in [-0.05, 0) is 46.7 Å². The zero-order chi connectivity index (χ0) is 22.3. The third-order valence-electron chi connectivity index (χ3n) is 4.86. The molecule has 0 radical (unpaired) electrons. The van der Waals surface area contributed by atoms with Crippen LogP contribution in [0.2, 0.25) is 0 Å². The Morgan fingerprint density at radius 3 is 2.30 bits per heavy atom. The first-order valence-electron chi connectivity index (χ1n) is 10.5. The third kappa shape index (κ3) is 7.30. The fourth-order valence-electron chi connectivity index (χ4n) is 3.29. The number of carbonyl (C=O) groups is 2. The van der Waals surface area contributed by atoms with Crippen LogP contribution in [0.15, 0.2) is 30.3 Å². The Morgan fingerprint density at radius 1 is 1.07 bits per heavy atom. The molecule has 164 valence electrons. The number of amides is 2. The molecule has 2 rings (SSSR count). The van der Waals surface area contributed by atoms with Crippen molar-refractivity contribution in [2.75, 3.05) is 19.6 Å². The normalized spacial score (nSPS) is 11.6.